The van der Waals surface area contributed by atoms with Crippen LogP contribution in [-0.4, -0.2) is 46.8 Å². The molecule has 158 valence electrons. The van der Waals surface area contributed by atoms with Crippen molar-refractivity contribution in [1.29, 1.82) is 0 Å². The predicted octanol–water partition coefficient (Wildman–Crippen LogP) is 4.95. The summed E-state index contributed by atoms with van der Waals surface area (Å²) in [4.78, 5) is 27.8. The lowest BCUT2D eigenvalue weighted by molar-refractivity contribution is -0.384. The van der Waals surface area contributed by atoms with Gasteiger partial charge in [0.15, 0.2) is 0 Å². The van der Waals surface area contributed by atoms with Crippen molar-refractivity contribution in [3.8, 4) is 0 Å². The molecule has 0 saturated carbocycles. The van der Waals surface area contributed by atoms with Gasteiger partial charge in [-0.3, -0.25) is 14.9 Å². The lowest BCUT2D eigenvalue weighted by Crippen LogP contribution is -2.36. The lowest BCUT2D eigenvalue weighted by atomic mass is 10.0. The van der Waals surface area contributed by atoms with E-state index in [1.165, 1.54) is 24.3 Å². The number of carbonyl (C=O) groups is 1. The molecule has 2 aromatic carbocycles. The topological polar surface area (TPSA) is 66.7 Å². The molecule has 0 aliphatic heterocycles. The molecule has 1 unspecified atom stereocenters. The Hall–Kier alpha value is -2.44. The van der Waals surface area contributed by atoms with Crippen molar-refractivity contribution in [3.63, 3.8) is 0 Å². The number of hydrogen-bond donors (Lipinski definition) is 0. The van der Waals surface area contributed by atoms with Crippen molar-refractivity contribution in [1.82, 2.24) is 9.80 Å². The van der Waals surface area contributed by atoms with Crippen molar-refractivity contribution in [2.24, 2.45) is 0 Å². The van der Waals surface area contributed by atoms with Crippen molar-refractivity contribution in [3.05, 3.63) is 75.8 Å². The first-order valence-corrected chi connectivity index (χ1v) is 9.80. The first-order valence-electron chi connectivity index (χ1n) is 9.80. The molecule has 1 atom stereocenters. The molecule has 1 amide bonds. The fourth-order valence-corrected chi connectivity index (χ4v) is 3.28. The number of carbonyl (C=O) groups excluding carboxylic acids is 1. The van der Waals surface area contributed by atoms with E-state index in [1.54, 1.807) is 0 Å². The second-order valence-electron chi connectivity index (χ2n) is 6.77. The van der Waals surface area contributed by atoms with E-state index < -0.39 is 4.92 Å². The average Bonchev–Trinajstić information content (AvgIpc) is 2.74. The van der Waals surface area contributed by atoms with E-state index in [-0.39, 0.29) is 30.0 Å². The summed E-state index contributed by atoms with van der Waals surface area (Å²) in [5.74, 6) is -0.106. The molecule has 2 aromatic rings. The second kappa shape index (κ2) is 12.2. The summed E-state index contributed by atoms with van der Waals surface area (Å²) in [5.41, 5.74) is 1.53. The number of amides is 1. The van der Waals surface area contributed by atoms with Gasteiger partial charge in [0.2, 0.25) is 0 Å². The van der Waals surface area contributed by atoms with Gasteiger partial charge < -0.3 is 9.80 Å². The SMILES string of the molecule is CCN(CC)CCCN(C(=O)c1ccc([N+](=O)[O-])cc1)C(C)c1ccccc1.Cl. The van der Waals surface area contributed by atoms with Gasteiger partial charge in [0.05, 0.1) is 11.0 Å². The summed E-state index contributed by atoms with van der Waals surface area (Å²) in [5, 5.41) is 10.9. The number of nitro groups is 1. The minimum atomic E-state index is -0.456. The van der Waals surface area contributed by atoms with Crippen molar-refractivity contribution >= 4 is 24.0 Å². The second-order valence-corrected chi connectivity index (χ2v) is 6.77. The van der Waals surface area contributed by atoms with Gasteiger partial charge in [-0.2, -0.15) is 0 Å². The first-order chi connectivity index (χ1) is 13.5. The highest BCUT2D eigenvalue weighted by Crippen LogP contribution is 2.23. The van der Waals surface area contributed by atoms with Gasteiger partial charge in [-0.25, -0.2) is 0 Å². The van der Waals surface area contributed by atoms with Crippen LogP contribution in [0, 0.1) is 10.1 Å². The van der Waals surface area contributed by atoms with Gasteiger partial charge in [0.25, 0.3) is 11.6 Å². The Bertz CT molecular complexity index is 765. The number of halogens is 1. The summed E-state index contributed by atoms with van der Waals surface area (Å²) in [6.45, 7) is 9.82. The van der Waals surface area contributed by atoms with Gasteiger partial charge in [-0.05, 0) is 50.7 Å². The Morgan fingerprint density at radius 2 is 1.59 bits per heavy atom. The van der Waals surface area contributed by atoms with E-state index in [0.717, 1.165) is 31.6 Å². The molecule has 0 radical (unpaired) electrons. The quantitative estimate of drug-likeness (QED) is 0.403. The molecule has 0 fully saturated rings. The minimum absolute atomic E-state index is 0. The molecule has 0 bridgehead atoms. The van der Waals surface area contributed by atoms with Gasteiger partial charge in [-0.15, -0.1) is 12.4 Å². The van der Waals surface area contributed by atoms with Crippen LogP contribution >= 0.6 is 12.4 Å². The normalized spacial score (nSPS) is 11.6. The average molecular weight is 420 g/mol. The lowest BCUT2D eigenvalue weighted by Gasteiger charge is -2.31. The summed E-state index contributed by atoms with van der Waals surface area (Å²) in [6, 6.07) is 15.7. The molecule has 0 spiro atoms. The van der Waals surface area contributed by atoms with E-state index in [2.05, 4.69) is 18.7 Å². The van der Waals surface area contributed by atoms with Crippen LogP contribution in [0.25, 0.3) is 0 Å². The Balaban J connectivity index is 0.00000420. The number of nitro benzene ring substituents is 1. The Kier molecular flexibility index (Phi) is 10.3. The highest BCUT2D eigenvalue weighted by Gasteiger charge is 2.23. The number of benzene rings is 2. The summed E-state index contributed by atoms with van der Waals surface area (Å²) in [7, 11) is 0. The summed E-state index contributed by atoms with van der Waals surface area (Å²) in [6.07, 6.45) is 0.873. The molecule has 0 N–H and O–H groups in total. The number of hydrogen-bond acceptors (Lipinski definition) is 4. The molecule has 0 aliphatic carbocycles. The van der Waals surface area contributed by atoms with Crippen LogP contribution in [-0.2, 0) is 0 Å². The first kappa shape index (κ1) is 24.6. The fourth-order valence-electron chi connectivity index (χ4n) is 3.28. The van der Waals surface area contributed by atoms with E-state index in [1.807, 2.05) is 42.2 Å². The Labute approximate surface area is 179 Å². The zero-order chi connectivity index (χ0) is 20.5. The van der Waals surface area contributed by atoms with Gasteiger partial charge in [-0.1, -0.05) is 44.2 Å². The standard InChI is InChI=1S/C22H29N3O3.ClH/c1-4-23(5-2)16-9-17-24(18(3)19-10-7-6-8-11-19)22(26)20-12-14-21(15-13-20)25(27)28;/h6-8,10-15,18H,4-5,9,16-17H2,1-3H3;1H. The third kappa shape index (κ3) is 6.84. The highest BCUT2D eigenvalue weighted by molar-refractivity contribution is 5.94. The zero-order valence-corrected chi connectivity index (χ0v) is 18.1. The third-order valence-corrected chi connectivity index (χ3v) is 5.10. The molecule has 2 rings (SSSR count). The molecule has 0 saturated heterocycles. The molecule has 0 aromatic heterocycles. The maximum absolute atomic E-state index is 13.2. The van der Waals surface area contributed by atoms with Crippen molar-refractivity contribution < 1.29 is 9.72 Å². The predicted molar refractivity (Wildman–Crippen MR) is 119 cm³/mol. The number of non-ortho nitro benzene ring substituents is 1. The van der Waals surface area contributed by atoms with E-state index in [0.29, 0.717) is 12.1 Å². The molecular weight excluding hydrogens is 390 g/mol. The van der Waals surface area contributed by atoms with Gasteiger partial charge in [0.1, 0.15) is 0 Å². The van der Waals surface area contributed by atoms with Crippen LogP contribution < -0.4 is 0 Å². The highest BCUT2D eigenvalue weighted by atomic mass is 35.5. The molecular formula is C22H30ClN3O3. The largest absolute Gasteiger partial charge is 0.332 e. The summed E-state index contributed by atoms with van der Waals surface area (Å²) >= 11 is 0. The number of rotatable bonds is 10. The van der Waals surface area contributed by atoms with Gasteiger partial charge >= 0.3 is 0 Å². The van der Waals surface area contributed by atoms with Crippen LogP contribution in [0.2, 0.25) is 0 Å². The molecule has 0 heterocycles. The van der Waals surface area contributed by atoms with Crippen LogP contribution in [0.3, 0.4) is 0 Å². The molecule has 0 aliphatic rings. The molecule has 6 nitrogen and oxygen atoms in total. The Morgan fingerprint density at radius 3 is 2.10 bits per heavy atom. The van der Waals surface area contributed by atoms with E-state index >= 15 is 0 Å². The van der Waals surface area contributed by atoms with Crippen LogP contribution in [0.15, 0.2) is 54.6 Å². The van der Waals surface area contributed by atoms with Crippen LogP contribution in [0.4, 0.5) is 5.69 Å². The summed E-state index contributed by atoms with van der Waals surface area (Å²) < 4.78 is 0. The van der Waals surface area contributed by atoms with Crippen molar-refractivity contribution in [2.45, 2.75) is 33.2 Å². The smallest absolute Gasteiger partial charge is 0.269 e. The molecule has 7 heteroatoms. The number of nitrogens with zero attached hydrogens (tertiary/aromatic N) is 3. The zero-order valence-electron chi connectivity index (χ0n) is 17.3. The van der Waals surface area contributed by atoms with Crippen LogP contribution in [0.5, 0.6) is 0 Å². The monoisotopic (exact) mass is 419 g/mol. The minimum Gasteiger partial charge on any atom is -0.332 e. The maximum Gasteiger partial charge on any atom is 0.269 e. The van der Waals surface area contributed by atoms with Crippen molar-refractivity contribution in [2.75, 3.05) is 26.2 Å². The van der Waals surface area contributed by atoms with E-state index in [4.69, 9.17) is 0 Å². The van der Waals surface area contributed by atoms with Gasteiger partial charge in [0, 0.05) is 24.2 Å². The van der Waals surface area contributed by atoms with E-state index in [9.17, 15) is 14.9 Å². The third-order valence-electron chi connectivity index (χ3n) is 5.10. The van der Waals surface area contributed by atoms with Crippen LogP contribution in [0.1, 0.15) is 49.2 Å². The Morgan fingerprint density at radius 1 is 1.00 bits per heavy atom. The maximum atomic E-state index is 13.2. The fraction of sp³-hybridized carbons (Fsp3) is 0.409. The molecule has 29 heavy (non-hydrogen) atoms.